The average Bonchev–Trinajstić information content (AvgIpc) is 2.87. The molecule has 0 unspecified atom stereocenters. The Morgan fingerprint density at radius 3 is 2.36 bits per heavy atom. The first-order chi connectivity index (χ1) is 16.1. The molecule has 33 heavy (non-hydrogen) atoms. The van der Waals surface area contributed by atoms with Crippen LogP contribution in [0, 0.1) is 0 Å². The van der Waals surface area contributed by atoms with E-state index in [0.29, 0.717) is 22.5 Å². The van der Waals surface area contributed by atoms with Gasteiger partial charge in [-0.15, -0.1) is 0 Å². The Kier molecular flexibility index (Phi) is 8.65. The number of hydrogen-bond donors (Lipinski definition) is 0. The van der Waals surface area contributed by atoms with Crippen LogP contribution in [0.2, 0.25) is 5.02 Å². The molecule has 0 N–H and O–H groups in total. The van der Waals surface area contributed by atoms with E-state index in [-0.39, 0.29) is 5.91 Å². The summed E-state index contributed by atoms with van der Waals surface area (Å²) in [5, 5.41) is 0.652. The SMILES string of the molecule is CN(C(=O)c1ccc(Cl)cc1)C1CCC(c2ccc(OCCCN3CCOCC3)cc2)CC1. The topological polar surface area (TPSA) is 42.0 Å². The van der Waals surface area contributed by atoms with Gasteiger partial charge in [-0.3, -0.25) is 9.69 Å². The van der Waals surface area contributed by atoms with Gasteiger partial charge in [0, 0.05) is 43.3 Å². The van der Waals surface area contributed by atoms with Crippen LogP contribution in [0.3, 0.4) is 0 Å². The first-order valence-electron chi connectivity index (χ1n) is 12.2. The molecule has 1 aliphatic heterocycles. The van der Waals surface area contributed by atoms with Gasteiger partial charge in [-0.2, -0.15) is 0 Å². The maximum Gasteiger partial charge on any atom is 0.253 e. The molecule has 0 radical (unpaired) electrons. The third-order valence-electron chi connectivity index (χ3n) is 7.00. The number of ether oxygens (including phenoxy) is 2. The number of rotatable bonds is 8. The summed E-state index contributed by atoms with van der Waals surface area (Å²) in [5.41, 5.74) is 2.07. The van der Waals surface area contributed by atoms with Crippen LogP contribution in [0.1, 0.15) is 53.9 Å². The van der Waals surface area contributed by atoms with Crippen molar-refractivity contribution >= 4 is 17.5 Å². The van der Waals surface area contributed by atoms with Crippen molar-refractivity contribution in [2.24, 2.45) is 0 Å². The number of halogens is 1. The highest BCUT2D eigenvalue weighted by atomic mass is 35.5. The van der Waals surface area contributed by atoms with Crippen LogP contribution < -0.4 is 4.74 Å². The van der Waals surface area contributed by atoms with E-state index in [4.69, 9.17) is 21.1 Å². The monoisotopic (exact) mass is 470 g/mol. The Labute approximate surface area is 202 Å². The fraction of sp³-hybridized carbons (Fsp3) is 0.519. The van der Waals surface area contributed by atoms with Crippen LogP contribution in [0.15, 0.2) is 48.5 Å². The van der Waals surface area contributed by atoms with Crippen molar-refractivity contribution in [3.63, 3.8) is 0 Å². The molecule has 5 nitrogen and oxygen atoms in total. The van der Waals surface area contributed by atoms with E-state index in [1.807, 2.05) is 11.9 Å². The number of carbonyl (C=O) groups excluding carboxylic acids is 1. The molecular weight excluding hydrogens is 436 g/mol. The average molecular weight is 471 g/mol. The molecule has 2 fully saturated rings. The highest BCUT2D eigenvalue weighted by Gasteiger charge is 2.27. The molecule has 0 aromatic heterocycles. The zero-order valence-electron chi connectivity index (χ0n) is 19.5. The van der Waals surface area contributed by atoms with Gasteiger partial charge in [0.15, 0.2) is 0 Å². The summed E-state index contributed by atoms with van der Waals surface area (Å²) in [6.45, 7) is 5.57. The smallest absolute Gasteiger partial charge is 0.253 e. The highest BCUT2D eigenvalue weighted by molar-refractivity contribution is 6.30. The van der Waals surface area contributed by atoms with Crippen molar-refractivity contribution < 1.29 is 14.3 Å². The van der Waals surface area contributed by atoms with Crippen LogP contribution in [0.25, 0.3) is 0 Å². The normalized spacial score (nSPS) is 21.5. The van der Waals surface area contributed by atoms with E-state index in [0.717, 1.165) is 77.3 Å². The molecule has 178 valence electrons. The van der Waals surface area contributed by atoms with Crippen LogP contribution >= 0.6 is 11.6 Å². The van der Waals surface area contributed by atoms with Crippen LogP contribution in [-0.2, 0) is 4.74 Å². The molecular formula is C27H35ClN2O3. The van der Waals surface area contributed by atoms with Gasteiger partial charge in [0.1, 0.15) is 5.75 Å². The maximum absolute atomic E-state index is 12.8. The number of benzene rings is 2. The second-order valence-corrected chi connectivity index (χ2v) is 9.59. The first-order valence-corrected chi connectivity index (χ1v) is 12.5. The van der Waals surface area contributed by atoms with Gasteiger partial charge in [-0.05, 0) is 80.0 Å². The molecule has 2 aliphatic rings. The number of morpholine rings is 1. The van der Waals surface area contributed by atoms with E-state index in [1.54, 1.807) is 24.3 Å². The highest BCUT2D eigenvalue weighted by Crippen LogP contribution is 2.35. The molecule has 0 bridgehead atoms. The van der Waals surface area contributed by atoms with E-state index in [9.17, 15) is 4.79 Å². The van der Waals surface area contributed by atoms with Gasteiger partial charge in [0.05, 0.1) is 19.8 Å². The maximum atomic E-state index is 12.8. The lowest BCUT2D eigenvalue weighted by atomic mass is 9.81. The molecule has 1 amide bonds. The third-order valence-corrected chi connectivity index (χ3v) is 7.25. The molecule has 2 aromatic carbocycles. The van der Waals surface area contributed by atoms with E-state index in [2.05, 4.69) is 29.2 Å². The summed E-state index contributed by atoms with van der Waals surface area (Å²) < 4.78 is 11.3. The molecule has 0 spiro atoms. The van der Waals surface area contributed by atoms with Crippen molar-refractivity contribution in [1.82, 2.24) is 9.80 Å². The van der Waals surface area contributed by atoms with Gasteiger partial charge >= 0.3 is 0 Å². The van der Waals surface area contributed by atoms with E-state index in [1.165, 1.54) is 5.56 Å². The minimum Gasteiger partial charge on any atom is -0.494 e. The van der Waals surface area contributed by atoms with Crippen LogP contribution in [-0.4, -0.2) is 68.3 Å². The number of amides is 1. The fourth-order valence-corrected chi connectivity index (χ4v) is 5.02. The standard InChI is InChI=1S/C27H35ClN2O3/c1-29(27(31)23-3-9-24(28)10-4-23)25-11-5-21(6-12-25)22-7-13-26(14-8-22)33-18-2-15-30-16-19-32-20-17-30/h3-4,7-10,13-14,21,25H,2,5-6,11-12,15-20H2,1H3. The summed E-state index contributed by atoms with van der Waals surface area (Å²) in [4.78, 5) is 17.2. The molecule has 1 saturated carbocycles. The Morgan fingerprint density at radius 1 is 1.03 bits per heavy atom. The van der Waals surface area contributed by atoms with Gasteiger partial charge in [0.25, 0.3) is 5.91 Å². The zero-order chi connectivity index (χ0) is 23.0. The lowest BCUT2D eigenvalue weighted by molar-refractivity contribution is 0.0358. The fourth-order valence-electron chi connectivity index (χ4n) is 4.90. The Balaban J connectivity index is 1.20. The van der Waals surface area contributed by atoms with Gasteiger partial charge in [-0.1, -0.05) is 23.7 Å². The summed E-state index contributed by atoms with van der Waals surface area (Å²) >= 11 is 5.95. The minimum atomic E-state index is 0.0743. The molecule has 6 heteroatoms. The lowest BCUT2D eigenvalue weighted by Gasteiger charge is -2.35. The molecule has 1 saturated heterocycles. The predicted molar refractivity (Wildman–Crippen MR) is 132 cm³/mol. The summed E-state index contributed by atoms with van der Waals surface area (Å²) in [6, 6.07) is 16.1. The summed E-state index contributed by atoms with van der Waals surface area (Å²) in [7, 11) is 1.92. The van der Waals surface area contributed by atoms with Gasteiger partial charge < -0.3 is 14.4 Å². The second kappa shape index (κ2) is 11.9. The quantitative estimate of drug-likeness (QED) is 0.495. The molecule has 1 heterocycles. The first kappa shape index (κ1) is 24.1. The predicted octanol–water partition coefficient (Wildman–Crippen LogP) is 5.24. The van der Waals surface area contributed by atoms with Crippen LogP contribution in [0.5, 0.6) is 5.75 Å². The molecule has 4 rings (SSSR count). The Morgan fingerprint density at radius 2 is 1.70 bits per heavy atom. The molecule has 1 aliphatic carbocycles. The van der Waals surface area contributed by atoms with Crippen molar-refractivity contribution in [1.29, 1.82) is 0 Å². The van der Waals surface area contributed by atoms with E-state index >= 15 is 0 Å². The van der Waals surface area contributed by atoms with Crippen molar-refractivity contribution in [3.05, 3.63) is 64.7 Å². The van der Waals surface area contributed by atoms with Crippen molar-refractivity contribution in [2.75, 3.05) is 46.5 Å². The van der Waals surface area contributed by atoms with Crippen molar-refractivity contribution in [2.45, 2.75) is 44.1 Å². The lowest BCUT2D eigenvalue weighted by Crippen LogP contribution is -2.39. The zero-order valence-corrected chi connectivity index (χ0v) is 20.3. The van der Waals surface area contributed by atoms with E-state index < -0.39 is 0 Å². The summed E-state index contributed by atoms with van der Waals surface area (Å²) in [5.74, 6) is 1.57. The Bertz CT molecular complexity index is 873. The van der Waals surface area contributed by atoms with Crippen molar-refractivity contribution in [3.8, 4) is 5.75 Å². The molecule has 2 aromatic rings. The number of carbonyl (C=O) groups is 1. The number of nitrogens with zero attached hydrogens (tertiary/aromatic N) is 2. The summed E-state index contributed by atoms with van der Waals surface area (Å²) in [6.07, 6.45) is 5.29. The third kappa shape index (κ3) is 6.72. The number of hydrogen-bond acceptors (Lipinski definition) is 4. The minimum absolute atomic E-state index is 0.0743. The second-order valence-electron chi connectivity index (χ2n) is 9.15. The Hall–Kier alpha value is -2.08. The largest absolute Gasteiger partial charge is 0.494 e. The van der Waals surface area contributed by atoms with Gasteiger partial charge in [0.2, 0.25) is 0 Å². The molecule has 0 atom stereocenters. The van der Waals surface area contributed by atoms with Crippen LogP contribution in [0.4, 0.5) is 0 Å². The van der Waals surface area contributed by atoms with Gasteiger partial charge in [-0.25, -0.2) is 0 Å².